The molecule has 1 saturated heterocycles. The van der Waals surface area contributed by atoms with Crippen molar-refractivity contribution in [3.05, 3.63) is 35.9 Å². The predicted molar refractivity (Wildman–Crippen MR) is 103 cm³/mol. The first-order valence-electron chi connectivity index (χ1n) is 8.95. The molecule has 6 heteroatoms. The highest BCUT2D eigenvalue weighted by Crippen LogP contribution is 2.21. The Morgan fingerprint density at radius 2 is 1.88 bits per heavy atom. The summed E-state index contributed by atoms with van der Waals surface area (Å²) in [6, 6.07) is 9.98. The summed E-state index contributed by atoms with van der Waals surface area (Å²) in [5, 5.41) is 2.66. The maximum atomic E-state index is 12.2. The van der Waals surface area contributed by atoms with Gasteiger partial charge in [0.05, 0.1) is 12.6 Å². The second-order valence-electron chi connectivity index (χ2n) is 6.63. The number of carbonyl (C=O) groups is 2. The zero-order valence-corrected chi connectivity index (χ0v) is 15.8. The predicted octanol–water partition coefficient (Wildman–Crippen LogP) is 2.13. The summed E-state index contributed by atoms with van der Waals surface area (Å²) in [5.41, 5.74) is 7.11. The van der Waals surface area contributed by atoms with Crippen LogP contribution in [0, 0.1) is 5.92 Å². The molecule has 0 bridgehead atoms. The van der Waals surface area contributed by atoms with Crippen LogP contribution in [0.25, 0.3) is 0 Å². The number of piperidine rings is 1. The summed E-state index contributed by atoms with van der Waals surface area (Å²) in [6.45, 7) is 3.58. The fraction of sp³-hybridized carbons (Fsp3) is 0.579. The van der Waals surface area contributed by atoms with Gasteiger partial charge in [0.25, 0.3) is 0 Å². The highest BCUT2D eigenvalue weighted by molar-refractivity contribution is 5.87. The van der Waals surface area contributed by atoms with E-state index in [2.05, 4.69) is 29.6 Å². The van der Waals surface area contributed by atoms with Crippen molar-refractivity contribution in [2.75, 3.05) is 19.6 Å². The van der Waals surface area contributed by atoms with Crippen molar-refractivity contribution in [2.24, 2.45) is 11.7 Å². The van der Waals surface area contributed by atoms with Gasteiger partial charge in [0.15, 0.2) is 0 Å². The number of hydrogen-bond acceptors (Lipinski definition) is 3. The largest absolute Gasteiger partial charge is 0.346 e. The van der Waals surface area contributed by atoms with Crippen LogP contribution >= 0.6 is 12.4 Å². The maximum Gasteiger partial charge on any atom is 0.241 e. The molecule has 1 heterocycles. The molecule has 0 saturated carbocycles. The first-order chi connectivity index (χ1) is 11.6. The van der Waals surface area contributed by atoms with E-state index in [1.807, 2.05) is 17.9 Å². The number of nitrogens with two attached hydrogens (primary N) is 1. The fourth-order valence-electron chi connectivity index (χ4n) is 3.18. The van der Waals surface area contributed by atoms with Crippen molar-refractivity contribution in [1.29, 1.82) is 0 Å². The van der Waals surface area contributed by atoms with Crippen LogP contribution in [0.5, 0.6) is 0 Å². The minimum Gasteiger partial charge on any atom is -0.346 e. The zero-order chi connectivity index (χ0) is 17.4. The smallest absolute Gasteiger partial charge is 0.241 e. The molecule has 2 amide bonds. The standard InChI is InChI=1S/C19H29N3O2.ClH/c1-2-6-17(20)19(24)21-14-18(23)22-11-9-16(10-12-22)13-15-7-4-3-5-8-15;/h3-5,7-8,16-17H,2,6,9-14,20H2,1H3,(H,21,24);1H. The number of hydrogen-bond donors (Lipinski definition) is 2. The number of likely N-dealkylation sites (tertiary alicyclic amines) is 1. The third-order valence-corrected chi connectivity index (χ3v) is 4.68. The van der Waals surface area contributed by atoms with Crippen LogP contribution in [-0.2, 0) is 16.0 Å². The Balaban J connectivity index is 0.00000312. The molecule has 1 aromatic rings. The van der Waals surface area contributed by atoms with Gasteiger partial charge in [-0.1, -0.05) is 43.7 Å². The van der Waals surface area contributed by atoms with Gasteiger partial charge in [0.2, 0.25) is 11.8 Å². The lowest BCUT2D eigenvalue weighted by molar-refractivity contribution is -0.134. The molecule has 0 radical (unpaired) electrons. The molecule has 2 rings (SSSR count). The second-order valence-corrected chi connectivity index (χ2v) is 6.63. The Morgan fingerprint density at radius 3 is 2.48 bits per heavy atom. The van der Waals surface area contributed by atoms with Crippen LogP contribution in [0.1, 0.15) is 38.2 Å². The van der Waals surface area contributed by atoms with Gasteiger partial charge in [-0.25, -0.2) is 0 Å². The van der Waals surface area contributed by atoms with Crippen LogP contribution in [0.4, 0.5) is 0 Å². The lowest BCUT2D eigenvalue weighted by atomic mass is 9.90. The average molecular weight is 368 g/mol. The van der Waals surface area contributed by atoms with Crippen molar-refractivity contribution < 1.29 is 9.59 Å². The van der Waals surface area contributed by atoms with Gasteiger partial charge >= 0.3 is 0 Å². The molecule has 140 valence electrons. The molecule has 5 nitrogen and oxygen atoms in total. The van der Waals surface area contributed by atoms with Crippen molar-refractivity contribution in [1.82, 2.24) is 10.2 Å². The first-order valence-corrected chi connectivity index (χ1v) is 8.95. The molecule has 0 spiro atoms. The van der Waals surface area contributed by atoms with Crippen molar-refractivity contribution in [3.63, 3.8) is 0 Å². The van der Waals surface area contributed by atoms with Gasteiger partial charge in [-0.15, -0.1) is 12.4 Å². The van der Waals surface area contributed by atoms with Crippen LogP contribution in [0.15, 0.2) is 30.3 Å². The molecule has 0 aliphatic carbocycles. The monoisotopic (exact) mass is 367 g/mol. The lowest BCUT2D eigenvalue weighted by Gasteiger charge is -2.32. The van der Waals surface area contributed by atoms with Crippen LogP contribution in [0.2, 0.25) is 0 Å². The van der Waals surface area contributed by atoms with Crippen LogP contribution in [-0.4, -0.2) is 42.4 Å². The lowest BCUT2D eigenvalue weighted by Crippen LogP contribution is -2.47. The van der Waals surface area contributed by atoms with Crippen molar-refractivity contribution >= 4 is 24.2 Å². The summed E-state index contributed by atoms with van der Waals surface area (Å²) < 4.78 is 0. The van der Waals surface area contributed by atoms with Gasteiger partial charge < -0.3 is 16.0 Å². The summed E-state index contributed by atoms with van der Waals surface area (Å²) in [7, 11) is 0. The van der Waals surface area contributed by atoms with E-state index >= 15 is 0 Å². The molecule has 1 aliphatic heterocycles. The summed E-state index contributed by atoms with van der Waals surface area (Å²) in [4.78, 5) is 25.8. The normalized spacial score (nSPS) is 16.0. The third kappa shape index (κ3) is 7.04. The van der Waals surface area contributed by atoms with E-state index in [0.29, 0.717) is 12.3 Å². The molecule has 3 N–H and O–H groups in total. The van der Waals surface area contributed by atoms with Gasteiger partial charge in [-0.2, -0.15) is 0 Å². The molecule has 1 unspecified atom stereocenters. The Morgan fingerprint density at radius 1 is 1.24 bits per heavy atom. The average Bonchev–Trinajstić information content (AvgIpc) is 2.61. The number of carbonyl (C=O) groups excluding carboxylic acids is 2. The Kier molecular flexibility index (Phi) is 9.53. The minimum absolute atomic E-state index is 0. The molecule has 0 aromatic heterocycles. The molecular weight excluding hydrogens is 338 g/mol. The van der Waals surface area contributed by atoms with Crippen LogP contribution in [0.3, 0.4) is 0 Å². The molecule has 1 fully saturated rings. The van der Waals surface area contributed by atoms with E-state index < -0.39 is 6.04 Å². The topological polar surface area (TPSA) is 75.4 Å². The second kappa shape index (κ2) is 11.1. The Labute approximate surface area is 156 Å². The highest BCUT2D eigenvalue weighted by Gasteiger charge is 2.23. The molecule has 1 atom stereocenters. The van der Waals surface area contributed by atoms with E-state index in [1.165, 1.54) is 5.56 Å². The summed E-state index contributed by atoms with van der Waals surface area (Å²) >= 11 is 0. The number of nitrogens with zero attached hydrogens (tertiary/aromatic N) is 1. The van der Waals surface area contributed by atoms with Gasteiger partial charge in [0, 0.05) is 13.1 Å². The number of rotatable bonds is 7. The SMILES string of the molecule is CCCC(N)C(=O)NCC(=O)N1CCC(Cc2ccccc2)CC1.Cl. The number of amides is 2. The molecular formula is C19H30ClN3O2. The molecule has 25 heavy (non-hydrogen) atoms. The molecule has 1 aliphatic rings. The van der Waals surface area contributed by atoms with Crippen LogP contribution < -0.4 is 11.1 Å². The fourth-order valence-corrected chi connectivity index (χ4v) is 3.18. The number of halogens is 1. The van der Waals surface area contributed by atoms with E-state index in [-0.39, 0.29) is 30.8 Å². The maximum absolute atomic E-state index is 12.2. The first kappa shape index (κ1) is 21.5. The highest BCUT2D eigenvalue weighted by atomic mass is 35.5. The Hall–Kier alpha value is -1.59. The van der Waals surface area contributed by atoms with Crippen molar-refractivity contribution in [2.45, 2.75) is 45.1 Å². The number of benzene rings is 1. The summed E-state index contributed by atoms with van der Waals surface area (Å²) in [6.07, 6.45) is 4.61. The van der Waals surface area contributed by atoms with Gasteiger partial charge in [-0.05, 0) is 37.2 Å². The third-order valence-electron chi connectivity index (χ3n) is 4.68. The van der Waals surface area contributed by atoms with E-state index in [0.717, 1.165) is 38.8 Å². The van der Waals surface area contributed by atoms with E-state index in [9.17, 15) is 9.59 Å². The quantitative estimate of drug-likeness (QED) is 0.775. The van der Waals surface area contributed by atoms with Crippen molar-refractivity contribution in [3.8, 4) is 0 Å². The number of nitrogens with one attached hydrogen (secondary N) is 1. The van der Waals surface area contributed by atoms with Gasteiger partial charge in [0.1, 0.15) is 0 Å². The zero-order valence-electron chi connectivity index (χ0n) is 14.9. The van der Waals surface area contributed by atoms with Gasteiger partial charge in [-0.3, -0.25) is 9.59 Å². The minimum atomic E-state index is -0.514. The summed E-state index contributed by atoms with van der Waals surface area (Å²) in [5.74, 6) is 0.387. The van der Waals surface area contributed by atoms with E-state index in [4.69, 9.17) is 5.73 Å². The van der Waals surface area contributed by atoms with E-state index in [1.54, 1.807) is 0 Å². The molecule has 1 aromatic carbocycles. The Bertz CT molecular complexity index is 531.